The number of ether oxygens (including phenoxy) is 1. The maximum Gasteiger partial charge on any atom is 0.297 e. The van der Waals surface area contributed by atoms with E-state index in [9.17, 15) is 19.1 Å². The molecule has 1 aliphatic rings. The van der Waals surface area contributed by atoms with E-state index in [2.05, 4.69) is 10.2 Å². The highest BCUT2D eigenvalue weighted by Gasteiger charge is 2.45. The van der Waals surface area contributed by atoms with Gasteiger partial charge in [0.1, 0.15) is 16.4 Å². The molecule has 0 bridgehead atoms. The van der Waals surface area contributed by atoms with E-state index in [0.29, 0.717) is 10.6 Å². The first kappa shape index (κ1) is 19.2. The van der Waals surface area contributed by atoms with E-state index in [1.165, 1.54) is 41.5 Å². The number of carbonyl (C=O) groups is 1. The number of fused-ring (bicyclic) bond motifs is 2. The molecule has 0 spiro atoms. The Morgan fingerprint density at radius 2 is 2.00 bits per heavy atom. The molecule has 2 aromatic carbocycles. The Kier molecular flexibility index (Phi) is 4.26. The highest BCUT2D eigenvalue weighted by Crippen LogP contribution is 2.43. The second-order valence-electron chi connectivity index (χ2n) is 6.93. The number of anilines is 1. The first-order valence-corrected chi connectivity index (χ1v) is 9.97. The smallest absolute Gasteiger partial charge is 0.297 e. The molecule has 1 unspecified atom stereocenters. The SMILES string of the molecule is COc1cc(C2c3c(oc4ccc(F)cc4c3=O)C(=O)N2c2nnc(C)s2)ccc1O. The molecule has 3 heterocycles. The van der Waals surface area contributed by atoms with Gasteiger partial charge >= 0.3 is 0 Å². The Morgan fingerprint density at radius 1 is 1.19 bits per heavy atom. The third-order valence-electron chi connectivity index (χ3n) is 5.07. The van der Waals surface area contributed by atoms with Crippen molar-refractivity contribution in [2.24, 2.45) is 0 Å². The van der Waals surface area contributed by atoms with Crippen LogP contribution in [-0.4, -0.2) is 28.3 Å². The van der Waals surface area contributed by atoms with Crippen LogP contribution < -0.4 is 15.1 Å². The molecule has 1 amide bonds. The van der Waals surface area contributed by atoms with Crippen LogP contribution in [0.2, 0.25) is 0 Å². The monoisotopic (exact) mass is 439 g/mol. The number of phenolic OH excluding ortho intramolecular Hbond substituents is 1. The van der Waals surface area contributed by atoms with E-state index in [4.69, 9.17) is 9.15 Å². The van der Waals surface area contributed by atoms with Crippen molar-refractivity contribution in [1.82, 2.24) is 10.2 Å². The number of aryl methyl sites for hydroxylation is 1. The number of methoxy groups -OCH3 is 1. The molecule has 4 aromatic rings. The normalized spacial score (nSPS) is 15.5. The quantitative estimate of drug-likeness (QED) is 0.520. The molecular weight excluding hydrogens is 425 g/mol. The van der Waals surface area contributed by atoms with Crippen molar-refractivity contribution in [2.45, 2.75) is 13.0 Å². The van der Waals surface area contributed by atoms with E-state index in [1.807, 2.05) is 0 Å². The zero-order chi connectivity index (χ0) is 21.9. The topological polar surface area (TPSA) is 106 Å². The number of amides is 1. The first-order valence-electron chi connectivity index (χ1n) is 9.16. The number of benzene rings is 2. The average Bonchev–Trinajstić information content (AvgIpc) is 3.30. The molecule has 156 valence electrons. The van der Waals surface area contributed by atoms with Crippen molar-refractivity contribution in [3.63, 3.8) is 0 Å². The van der Waals surface area contributed by atoms with Gasteiger partial charge in [-0.05, 0) is 42.8 Å². The lowest BCUT2D eigenvalue weighted by atomic mass is 9.98. The van der Waals surface area contributed by atoms with Crippen LogP contribution in [-0.2, 0) is 0 Å². The zero-order valence-electron chi connectivity index (χ0n) is 16.2. The van der Waals surface area contributed by atoms with Gasteiger partial charge in [-0.2, -0.15) is 0 Å². The van der Waals surface area contributed by atoms with Gasteiger partial charge in [0.15, 0.2) is 16.9 Å². The number of hydrogen-bond acceptors (Lipinski definition) is 8. The van der Waals surface area contributed by atoms with Crippen LogP contribution in [0.4, 0.5) is 9.52 Å². The lowest BCUT2D eigenvalue weighted by molar-refractivity contribution is 0.0970. The summed E-state index contributed by atoms with van der Waals surface area (Å²) in [5, 5.41) is 19.0. The molecule has 1 N–H and O–H groups in total. The predicted molar refractivity (Wildman–Crippen MR) is 110 cm³/mol. The second kappa shape index (κ2) is 6.88. The Bertz CT molecular complexity index is 1430. The predicted octanol–water partition coefficient (Wildman–Crippen LogP) is 3.56. The number of halogens is 1. The Hall–Kier alpha value is -3.79. The number of hydrogen-bond donors (Lipinski definition) is 1. The minimum absolute atomic E-state index is 0.0255. The molecular formula is C21H14FN3O5S. The second-order valence-corrected chi connectivity index (χ2v) is 8.09. The Labute approximate surface area is 178 Å². The van der Waals surface area contributed by atoms with Crippen LogP contribution in [0.5, 0.6) is 11.5 Å². The van der Waals surface area contributed by atoms with E-state index >= 15 is 0 Å². The van der Waals surface area contributed by atoms with E-state index in [1.54, 1.807) is 13.0 Å². The zero-order valence-corrected chi connectivity index (χ0v) is 17.1. The summed E-state index contributed by atoms with van der Waals surface area (Å²) in [7, 11) is 1.39. The van der Waals surface area contributed by atoms with Gasteiger partial charge in [0.05, 0.1) is 24.1 Å². The first-order chi connectivity index (χ1) is 14.9. The van der Waals surface area contributed by atoms with Crippen molar-refractivity contribution >= 4 is 33.3 Å². The van der Waals surface area contributed by atoms with Crippen LogP contribution in [0.3, 0.4) is 0 Å². The van der Waals surface area contributed by atoms with Crippen molar-refractivity contribution in [2.75, 3.05) is 12.0 Å². The number of aromatic hydroxyl groups is 1. The molecule has 0 fully saturated rings. The molecule has 10 heteroatoms. The van der Waals surface area contributed by atoms with Crippen LogP contribution in [0, 0.1) is 12.7 Å². The van der Waals surface area contributed by atoms with Gasteiger partial charge in [-0.1, -0.05) is 17.4 Å². The Balaban J connectivity index is 1.83. The van der Waals surface area contributed by atoms with Gasteiger partial charge in [-0.3, -0.25) is 14.5 Å². The van der Waals surface area contributed by atoms with Gasteiger partial charge in [0, 0.05) is 0 Å². The summed E-state index contributed by atoms with van der Waals surface area (Å²) < 4.78 is 24.8. The summed E-state index contributed by atoms with van der Waals surface area (Å²) >= 11 is 1.18. The average molecular weight is 439 g/mol. The van der Waals surface area contributed by atoms with Crippen molar-refractivity contribution < 1.29 is 23.4 Å². The van der Waals surface area contributed by atoms with Crippen LogP contribution in [0.1, 0.15) is 32.7 Å². The van der Waals surface area contributed by atoms with Crippen LogP contribution in [0.15, 0.2) is 45.6 Å². The summed E-state index contributed by atoms with van der Waals surface area (Å²) in [6.45, 7) is 1.74. The molecule has 31 heavy (non-hydrogen) atoms. The summed E-state index contributed by atoms with van der Waals surface area (Å²) in [5.74, 6) is -1.23. The third kappa shape index (κ3) is 2.87. The van der Waals surface area contributed by atoms with Gasteiger partial charge < -0.3 is 14.3 Å². The Morgan fingerprint density at radius 3 is 2.71 bits per heavy atom. The number of aromatic nitrogens is 2. The number of phenols is 1. The summed E-state index contributed by atoms with van der Waals surface area (Å²) in [4.78, 5) is 28.1. The molecule has 0 saturated carbocycles. The largest absolute Gasteiger partial charge is 0.504 e. The molecule has 0 radical (unpaired) electrons. The van der Waals surface area contributed by atoms with Crippen LogP contribution in [0.25, 0.3) is 11.0 Å². The molecule has 5 rings (SSSR count). The fourth-order valence-corrected chi connectivity index (χ4v) is 4.42. The minimum atomic E-state index is -0.923. The minimum Gasteiger partial charge on any atom is -0.504 e. The lowest BCUT2D eigenvalue weighted by Gasteiger charge is -2.22. The molecule has 2 aromatic heterocycles. The van der Waals surface area contributed by atoms with E-state index in [0.717, 1.165) is 12.1 Å². The number of rotatable bonds is 3. The fourth-order valence-electron chi connectivity index (χ4n) is 3.71. The summed E-state index contributed by atoms with van der Waals surface area (Å²) in [5.41, 5.74) is 0.127. The number of nitrogens with zero attached hydrogens (tertiary/aromatic N) is 3. The van der Waals surface area contributed by atoms with Crippen molar-refractivity contribution in [1.29, 1.82) is 0 Å². The third-order valence-corrected chi connectivity index (χ3v) is 5.91. The summed E-state index contributed by atoms with van der Waals surface area (Å²) in [6, 6.07) is 7.13. The van der Waals surface area contributed by atoms with Gasteiger partial charge in [0.25, 0.3) is 5.91 Å². The standard InChI is InChI=1S/C21H14FN3O5S/c1-9-23-24-21(31-9)25-17(10-3-5-13(26)15(7-10)29-2)16-18(27)12-8-11(22)4-6-14(12)30-19(16)20(25)28/h3-8,17,26H,1-2H3. The lowest BCUT2D eigenvalue weighted by Crippen LogP contribution is -2.29. The highest BCUT2D eigenvalue weighted by atomic mass is 32.1. The van der Waals surface area contributed by atoms with Crippen LogP contribution >= 0.6 is 11.3 Å². The maximum atomic E-state index is 13.8. The molecule has 1 aliphatic heterocycles. The van der Waals surface area contributed by atoms with E-state index in [-0.39, 0.29) is 38.9 Å². The molecule has 1 atom stereocenters. The van der Waals surface area contributed by atoms with Crippen molar-refractivity contribution in [3.8, 4) is 11.5 Å². The van der Waals surface area contributed by atoms with Gasteiger partial charge in [-0.25, -0.2) is 4.39 Å². The van der Waals surface area contributed by atoms with Gasteiger partial charge in [0.2, 0.25) is 10.9 Å². The molecule has 8 nitrogen and oxygen atoms in total. The summed E-state index contributed by atoms with van der Waals surface area (Å²) in [6.07, 6.45) is 0. The highest BCUT2D eigenvalue weighted by molar-refractivity contribution is 7.15. The molecule has 0 aliphatic carbocycles. The van der Waals surface area contributed by atoms with E-state index < -0.39 is 23.2 Å². The van der Waals surface area contributed by atoms with Gasteiger partial charge in [-0.15, -0.1) is 10.2 Å². The molecule has 0 saturated heterocycles. The van der Waals surface area contributed by atoms with Crippen molar-refractivity contribution in [3.05, 3.63) is 74.3 Å². The maximum absolute atomic E-state index is 13.8. The fraction of sp³-hybridized carbons (Fsp3) is 0.143. The number of carbonyl (C=O) groups excluding carboxylic acids is 1.